The number of hydrogen-bond acceptors (Lipinski definition) is 6. The highest BCUT2D eigenvalue weighted by molar-refractivity contribution is 7.86. The highest BCUT2D eigenvalue weighted by atomic mass is 32.2. The number of hydrogen-bond donors (Lipinski definition) is 2. The summed E-state index contributed by atoms with van der Waals surface area (Å²) in [5, 5.41) is 5.97. The minimum atomic E-state index is -3.72. The second kappa shape index (κ2) is 6.76. The van der Waals surface area contributed by atoms with Crippen molar-refractivity contribution in [1.82, 2.24) is 18.8 Å². The summed E-state index contributed by atoms with van der Waals surface area (Å²) in [6.07, 6.45) is 2.24. The number of aromatic nitrogens is 3. The SMILES string of the molecule is COc1cc2ncc3[nH]c(=O)n(CC4CCN(S(N)(=O)=O)C4)c3c2cc1OC. The number of rotatable bonds is 5. The summed E-state index contributed by atoms with van der Waals surface area (Å²) >= 11 is 0. The number of benzene rings is 1. The molecule has 28 heavy (non-hydrogen) atoms. The van der Waals surface area contributed by atoms with Gasteiger partial charge in [0.1, 0.15) is 0 Å². The topological polar surface area (TPSA) is 133 Å². The highest BCUT2D eigenvalue weighted by Crippen LogP contribution is 2.34. The minimum Gasteiger partial charge on any atom is -0.493 e. The molecule has 4 rings (SSSR count). The predicted molar refractivity (Wildman–Crippen MR) is 104 cm³/mol. The summed E-state index contributed by atoms with van der Waals surface area (Å²) < 4.78 is 36.7. The molecule has 0 radical (unpaired) electrons. The van der Waals surface area contributed by atoms with Gasteiger partial charge in [-0.15, -0.1) is 0 Å². The maximum absolute atomic E-state index is 12.6. The van der Waals surface area contributed by atoms with E-state index in [-0.39, 0.29) is 18.2 Å². The Morgan fingerprint density at radius 1 is 1.29 bits per heavy atom. The molecule has 2 aromatic heterocycles. The summed E-state index contributed by atoms with van der Waals surface area (Å²) in [4.78, 5) is 19.8. The second-order valence-corrected chi connectivity index (χ2v) is 8.39. The zero-order chi connectivity index (χ0) is 20.1. The van der Waals surface area contributed by atoms with Crippen LogP contribution in [0.4, 0.5) is 0 Å². The van der Waals surface area contributed by atoms with Crippen LogP contribution < -0.4 is 20.3 Å². The van der Waals surface area contributed by atoms with Crippen molar-refractivity contribution >= 4 is 32.1 Å². The Morgan fingerprint density at radius 3 is 2.64 bits per heavy atom. The van der Waals surface area contributed by atoms with E-state index in [1.807, 2.05) is 0 Å². The standard InChI is InChI=1S/C17H21N5O5S/c1-26-14-5-11-12(6-15(14)27-2)19-7-13-16(11)22(17(23)20-13)9-10-3-4-21(8-10)28(18,24)25/h5-7,10H,3-4,8-9H2,1-2H3,(H,20,23)(H2,18,24,25). The summed E-state index contributed by atoms with van der Waals surface area (Å²) in [5.41, 5.74) is 1.69. The van der Waals surface area contributed by atoms with Crippen LogP contribution in [0.5, 0.6) is 11.5 Å². The van der Waals surface area contributed by atoms with E-state index in [0.29, 0.717) is 47.6 Å². The molecule has 0 spiro atoms. The molecule has 1 aliphatic rings. The van der Waals surface area contributed by atoms with Crippen LogP contribution in [0.2, 0.25) is 0 Å². The second-order valence-electron chi connectivity index (χ2n) is 6.84. The van der Waals surface area contributed by atoms with E-state index in [1.54, 1.807) is 37.1 Å². The van der Waals surface area contributed by atoms with Crippen molar-refractivity contribution in [3.05, 3.63) is 28.8 Å². The van der Waals surface area contributed by atoms with E-state index in [9.17, 15) is 13.2 Å². The van der Waals surface area contributed by atoms with E-state index in [4.69, 9.17) is 14.6 Å². The van der Waals surface area contributed by atoms with Crippen LogP contribution in [0.3, 0.4) is 0 Å². The molecule has 0 saturated carbocycles. The molecule has 3 N–H and O–H groups in total. The van der Waals surface area contributed by atoms with Crippen LogP contribution in [0.15, 0.2) is 23.1 Å². The molecule has 1 atom stereocenters. The first-order valence-corrected chi connectivity index (χ1v) is 10.2. The smallest absolute Gasteiger partial charge is 0.326 e. The molecule has 0 bridgehead atoms. The maximum atomic E-state index is 12.6. The van der Waals surface area contributed by atoms with Crippen molar-refractivity contribution in [1.29, 1.82) is 0 Å². The summed E-state index contributed by atoms with van der Waals surface area (Å²) in [7, 11) is -0.630. The maximum Gasteiger partial charge on any atom is 0.326 e. The Balaban J connectivity index is 1.81. The molecule has 0 aliphatic carbocycles. The third-order valence-corrected chi connectivity index (χ3v) is 6.20. The van der Waals surface area contributed by atoms with Gasteiger partial charge in [-0.1, -0.05) is 0 Å². The number of H-pyrrole nitrogens is 1. The van der Waals surface area contributed by atoms with E-state index in [0.717, 1.165) is 5.39 Å². The van der Waals surface area contributed by atoms with Gasteiger partial charge in [0.05, 0.1) is 37.0 Å². The van der Waals surface area contributed by atoms with Gasteiger partial charge < -0.3 is 14.5 Å². The average Bonchev–Trinajstić information content (AvgIpc) is 3.25. The van der Waals surface area contributed by atoms with E-state index < -0.39 is 10.2 Å². The third-order valence-electron chi connectivity index (χ3n) is 5.15. The van der Waals surface area contributed by atoms with Crippen molar-refractivity contribution in [2.24, 2.45) is 11.1 Å². The first-order chi connectivity index (χ1) is 13.3. The van der Waals surface area contributed by atoms with Crippen LogP contribution in [-0.4, -0.2) is 54.6 Å². The Kier molecular flexibility index (Phi) is 4.52. The number of fused-ring (bicyclic) bond motifs is 3. The molecule has 0 amide bonds. The molecule has 1 unspecified atom stereocenters. The lowest BCUT2D eigenvalue weighted by molar-refractivity contribution is 0.356. The Labute approximate surface area is 161 Å². The number of pyridine rings is 1. The molecule has 1 fully saturated rings. The number of methoxy groups -OCH3 is 2. The molecular formula is C17H21N5O5S. The molecule has 1 saturated heterocycles. The molecule has 3 heterocycles. The zero-order valence-electron chi connectivity index (χ0n) is 15.5. The highest BCUT2D eigenvalue weighted by Gasteiger charge is 2.30. The molecule has 1 aliphatic heterocycles. The van der Waals surface area contributed by atoms with Crippen LogP contribution in [0, 0.1) is 5.92 Å². The molecule has 150 valence electrons. The van der Waals surface area contributed by atoms with Crippen LogP contribution in [0.1, 0.15) is 6.42 Å². The van der Waals surface area contributed by atoms with Gasteiger partial charge in [0.15, 0.2) is 11.5 Å². The number of nitrogens with one attached hydrogen (secondary N) is 1. The van der Waals surface area contributed by atoms with Gasteiger partial charge in [-0.25, -0.2) is 9.93 Å². The van der Waals surface area contributed by atoms with E-state index in [1.165, 1.54) is 4.31 Å². The predicted octanol–water partition coefficient (Wildman–Crippen LogP) is 0.420. The largest absolute Gasteiger partial charge is 0.493 e. The number of ether oxygens (including phenoxy) is 2. The van der Waals surface area contributed by atoms with Crippen molar-refractivity contribution in [3.8, 4) is 11.5 Å². The third kappa shape index (κ3) is 3.11. The van der Waals surface area contributed by atoms with Gasteiger partial charge >= 0.3 is 5.69 Å². The zero-order valence-corrected chi connectivity index (χ0v) is 16.3. The molecule has 3 aromatic rings. The lowest BCUT2D eigenvalue weighted by atomic mass is 10.1. The molecule has 1 aromatic carbocycles. The Bertz CT molecular complexity index is 1220. The monoisotopic (exact) mass is 407 g/mol. The van der Waals surface area contributed by atoms with Crippen LogP contribution >= 0.6 is 0 Å². The van der Waals surface area contributed by atoms with Gasteiger partial charge in [0, 0.05) is 31.1 Å². The van der Waals surface area contributed by atoms with Gasteiger partial charge in [-0.2, -0.15) is 12.7 Å². The van der Waals surface area contributed by atoms with Crippen LogP contribution in [0.25, 0.3) is 21.9 Å². The number of imidazole rings is 1. The number of aromatic amines is 1. The first-order valence-electron chi connectivity index (χ1n) is 8.73. The fourth-order valence-electron chi connectivity index (χ4n) is 3.78. The van der Waals surface area contributed by atoms with Gasteiger partial charge in [0.25, 0.3) is 10.2 Å². The summed E-state index contributed by atoms with van der Waals surface area (Å²) in [5.74, 6) is 1.06. The van der Waals surface area contributed by atoms with Crippen molar-refractivity contribution in [2.45, 2.75) is 13.0 Å². The first kappa shape index (κ1) is 18.7. The van der Waals surface area contributed by atoms with Gasteiger partial charge in [-0.3, -0.25) is 9.55 Å². The number of nitrogens with zero attached hydrogens (tertiary/aromatic N) is 3. The van der Waals surface area contributed by atoms with Crippen LogP contribution in [-0.2, 0) is 16.8 Å². The Morgan fingerprint density at radius 2 is 2.00 bits per heavy atom. The Hall–Kier alpha value is -2.63. The van der Waals surface area contributed by atoms with Crippen molar-refractivity contribution in [2.75, 3.05) is 27.3 Å². The van der Waals surface area contributed by atoms with Gasteiger partial charge in [-0.05, 0) is 18.4 Å². The molecule has 11 heteroatoms. The van der Waals surface area contributed by atoms with Crippen molar-refractivity contribution < 1.29 is 17.9 Å². The fraction of sp³-hybridized carbons (Fsp3) is 0.412. The quantitative estimate of drug-likeness (QED) is 0.630. The fourth-order valence-corrected chi connectivity index (χ4v) is 4.56. The van der Waals surface area contributed by atoms with Gasteiger partial charge in [0.2, 0.25) is 0 Å². The van der Waals surface area contributed by atoms with Crippen molar-refractivity contribution in [3.63, 3.8) is 0 Å². The average molecular weight is 407 g/mol. The van der Waals surface area contributed by atoms with E-state index in [2.05, 4.69) is 9.97 Å². The summed E-state index contributed by atoms with van der Waals surface area (Å²) in [6, 6.07) is 3.55. The lowest BCUT2D eigenvalue weighted by Gasteiger charge is -2.14. The lowest BCUT2D eigenvalue weighted by Crippen LogP contribution is -2.35. The molecule has 10 nitrogen and oxygen atoms in total. The molecular weight excluding hydrogens is 386 g/mol. The minimum absolute atomic E-state index is 0.0154. The number of nitrogens with two attached hydrogens (primary N) is 1. The van der Waals surface area contributed by atoms with E-state index >= 15 is 0 Å². The summed E-state index contributed by atoms with van der Waals surface area (Å²) in [6.45, 7) is 1.02. The normalized spacial score (nSPS) is 18.2.